The van der Waals surface area contributed by atoms with Crippen LogP contribution in [0, 0.1) is 6.92 Å². The standard InChI is InChI=1S/C5H7BO2S/c1-4-5(6(7)8)2-3-9-4/h2-3,7-8H,1H3. The first-order valence-corrected chi connectivity index (χ1v) is 3.50. The molecule has 0 spiro atoms. The minimum absolute atomic E-state index is 0.611. The molecule has 0 aliphatic rings. The summed E-state index contributed by atoms with van der Waals surface area (Å²) < 4.78 is 0. The van der Waals surface area contributed by atoms with Crippen LogP contribution >= 0.6 is 11.3 Å². The molecule has 0 aliphatic heterocycles. The second-order valence-corrected chi connectivity index (χ2v) is 2.93. The second kappa shape index (κ2) is 2.52. The predicted octanol–water partition coefficient (Wildman–Crippen LogP) is -0.264. The van der Waals surface area contributed by atoms with E-state index in [0.717, 1.165) is 4.88 Å². The molecular weight excluding hydrogens is 135 g/mol. The van der Waals surface area contributed by atoms with Gasteiger partial charge in [-0.1, -0.05) is 6.07 Å². The summed E-state index contributed by atoms with van der Waals surface area (Å²) >= 11 is 1.51. The molecule has 0 saturated carbocycles. The first-order valence-electron chi connectivity index (χ1n) is 2.62. The van der Waals surface area contributed by atoms with Crippen LogP contribution in [0.2, 0.25) is 0 Å². The van der Waals surface area contributed by atoms with Gasteiger partial charge in [-0.25, -0.2) is 0 Å². The lowest BCUT2D eigenvalue weighted by molar-refractivity contribution is 0.426. The summed E-state index contributed by atoms with van der Waals surface area (Å²) in [5.74, 6) is 0. The van der Waals surface area contributed by atoms with Crippen molar-refractivity contribution in [2.45, 2.75) is 6.92 Å². The van der Waals surface area contributed by atoms with Gasteiger partial charge < -0.3 is 10.0 Å². The number of hydrogen-bond donors (Lipinski definition) is 2. The lowest BCUT2D eigenvalue weighted by Crippen LogP contribution is -2.29. The predicted molar refractivity (Wildman–Crippen MR) is 38.9 cm³/mol. The second-order valence-electron chi connectivity index (χ2n) is 1.81. The van der Waals surface area contributed by atoms with Gasteiger partial charge in [-0.2, -0.15) is 0 Å². The van der Waals surface area contributed by atoms with Gasteiger partial charge in [0.15, 0.2) is 0 Å². The third-order valence-electron chi connectivity index (χ3n) is 1.18. The van der Waals surface area contributed by atoms with Gasteiger partial charge in [-0.05, 0) is 17.8 Å². The monoisotopic (exact) mass is 142 g/mol. The Morgan fingerprint density at radius 2 is 2.22 bits per heavy atom. The van der Waals surface area contributed by atoms with Crippen LogP contribution < -0.4 is 5.46 Å². The maximum absolute atomic E-state index is 8.66. The molecule has 4 heteroatoms. The normalized spacial score (nSPS) is 9.67. The number of thiophene rings is 1. The maximum Gasteiger partial charge on any atom is 0.489 e. The molecular formula is C5H7BO2S. The summed E-state index contributed by atoms with van der Waals surface area (Å²) in [4.78, 5) is 0.963. The Morgan fingerprint density at radius 3 is 2.44 bits per heavy atom. The third-order valence-corrected chi connectivity index (χ3v) is 2.04. The van der Waals surface area contributed by atoms with Gasteiger partial charge in [0.2, 0.25) is 0 Å². The molecule has 48 valence electrons. The highest BCUT2D eigenvalue weighted by molar-refractivity contribution is 7.11. The fourth-order valence-electron chi connectivity index (χ4n) is 0.663. The highest BCUT2D eigenvalue weighted by atomic mass is 32.1. The van der Waals surface area contributed by atoms with Crippen molar-refractivity contribution in [3.8, 4) is 0 Å². The molecule has 0 fully saturated rings. The molecule has 1 aromatic heterocycles. The van der Waals surface area contributed by atoms with Gasteiger partial charge in [-0.3, -0.25) is 0 Å². The van der Waals surface area contributed by atoms with Crippen molar-refractivity contribution in [1.29, 1.82) is 0 Å². The van der Waals surface area contributed by atoms with Gasteiger partial charge in [0, 0.05) is 4.88 Å². The highest BCUT2D eigenvalue weighted by Gasteiger charge is 2.13. The lowest BCUT2D eigenvalue weighted by atomic mass is 9.81. The van der Waals surface area contributed by atoms with Crippen LogP contribution in [0.3, 0.4) is 0 Å². The Kier molecular flexibility index (Phi) is 1.90. The topological polar surface area (TPSA) is 40.5 Å². The molecule has 0 aromatic carbocycles. The van der Waals surface area contributed by atoms with E-state index in [2.05, 4.69) is 0 Å². The van der Waals surface area contributed by atoms with Crippen LogP contribution in [0.4, 0.5) is 0 Å². The molecule has 0 aliphatic carbocycles. The van der Waals surface area contributed by atoms with E-state index in [9.17, 15) is 0 Å². The summed E-state index contributed by atoms with van der Waals surface area (Å²) in [6.45, 7) is 1.86. The molecule has 1 rings (SSSR count). The van der Waals surface area contributed by atoms with Crippen molar-refractivity contribution in [3.05, 3.63) is 16.3 Å². The van der Waals surface area contributed by atoms with Crippen LogP contribution in [0.5, 0.6) is 0 Å². The van der Waals surface area contributed by atoms with Gasteiger partial charge in [0.1, 0.15) is 0 Å². The summed E-state index contributed by atoms with van der Waals surface area (Å²) in [5.41, 5.74) is 0.611. The molecule has 0 atom stereocenters. The quantitative estimate of drug-likeness (QED) is 0.530. The molecule has 2 nitrogen and oxygen atoms in total. The molecule has 9 heavy (non-hydrogen) atoms. The molecule has 1 heterocycles. The summed E-state index contributed by atoms with van der Waals surface area (Å²) in [6.07, 6.45) is 0. The zero-order valence-corrected chi connectivity index (χ0v) is 5.85. The fraction of sp³-hybridized carbons (Fsp3) is 0.200. The lowest BCUT2D eigenvalue weighted by Gasteiger charge is -1.93. The van der Waals surface area contributed by atoms with Crippen molar-refractivity contribution < 1.29 is 10.0 Å². The average Bonchev–Trinajstić information content (AvgIpc) is 2.13. The van der Waals surface area contributed by atoms with Crippen LogP contribution in [-0.4, -0.2) is 17.2 Å². The van der Waals surface area contributed by atoms with Crippen molar-refractivity contribution in [2.75, 3.05) is 0 Å². The van der Waals surface area contributed by atoms with E-state index in [1.165, 1.54) is 11.3 Å². The third kappa shape index (κ3) is 1.33. The first-order chi connectivity index (χ1) is 4.22. The van der Waals surface area contributed by atoms with Crippen molar-refractivity contribution in [2.24, 2.45) is 0 Å². The molecule has 1 aromatic rings. The van der Waals surface area contributed by atoms with E-state index in [4.69, 9.17) is 10.0 Å². The number of hydrogen-bond acceptors (Lipinski definition) is 3. The number of rotatable bonds is 1. The minimum atomic E-state index is -1.31. The van der Waals surface area contributed by atoms with Gasteiger partial charge in [0.05, 0.1) is 0 Å². The molecule has 0 saturated heterocycles. The van der Waals surface area contributed by atoms with Gasteiger partial charge in [0.25, 0.3) is 0 Å². The Labute approximate surface area is 57.9 Å². The minimum Gasteiger partial charge on any atom is -0.423 e. The van der Waals surface area contributed by atoms with E-state index in [1.807, 2.05) is 12.3 Å². The summed E-state index contributed by atoms with van der Waals surface area (Å²) in [5, 5.41) is 19.1. The van der Waals surface area contributed by atoms with E-state index in [-0.39, 0.29) is 0 Å². The largest absolute Gasteiger partial charge is 0.489 e. The van der Waals surface area contributed by atoms with Crippen LogP contribution in [0.15, 0.2) is 11.4 Å². The average molecular weight is 142 g/mol. The van der Waals surface area contributed by atoms with Crippen molar-refractivity contribution >= 4 is 23.9 Å². The Hall–Kier alpha value is -0.315. The zero-order chi connectivity index (χ0) is 6.85. The zero-order valence-electron chi connectivity index (χ0n) is 5.03. The smallest absolute Gasteiger partial charge is 0.423 e. The summed E-state index contributed by atoms with van der Waals surface area (Å²) in [7, 11) is -1.31. The van der Waals surface area contributed by atoms with Crippen LogP contribution in [-0.2, 0) is 0 Å². The number of aryl methyl sites for hydroxylation is 1. The van der Waals surface area contributed by atoms with E-state index in [1.54, 1.807) is 6.07 Å². The highest BCUT2D eigenvalue weighted by Crippen LogP contribution is 2.03. The van der Waals surface area contributed by atoms with Crippen molar-refractivity contribution in [1.82, 2.24) is 0 Å². The van der Waals surface area contributed by atoms with E-state index >= 15 is 0 Å². The van der Waals surface area contributed by atoms with Gasteiger partial charge >= 0.3 is 7.12 Å². The SMILES string of the molecule is Cc1sccc1B(O)O. The molecule has 0 radical (unpaired) electrons. The fourth-order valence-corrected chi connectivity index (χ4v) is 1.39. The molecule has 2 N–H and O–H groups in total. The van der Waals surface area contributed by atoms with Gasteiger partial charge in [-0.15, -0.1) is 11.3 Å². The maximum atomic E-state index is 8.66. The van der Waals surface area contributed by atoms with E-state index < -0.39 is 7.12 Å². The first kappa shape index (κ1) is 6.80. The molecule has 0 unspecified atom stereocenters. The van der Waals surface area contributed by atoms with Crippen LogP contribution in [0.25, 0.3) is 0 Å². The van der Waals surface area contributed by atoms with Crippen molar-refractivity contribution in [3.63, 3.8) is 0 Å². The Morgan fingerprint density at radius 1 is 1.56 bits per heavy atom. The Balaban J connectivity index is 2.94. The molecule has 0 bridgehead atoms. The van der Waals surface area contributed by atoms with Crippen LogP contribution in [0.1, 0.15) is 4.88 Å². The Bertz CT molecular complexity index is 197. The summed E-state index contributed by atoms with van der Waals surface area (Å²) in [6, 6.07) is 1.71. The van der Waals surface area contributed by atoms with E-state index in [0.29, 0.717) is 5.46 Å². The molecule has 0 amide bonds.